The largest absolute Gasteiger partial charge is 0.495 e. The van der Waals surface area contributed by atoms with Crippen molar-refractivity contribution in [1.29, 1.82) is 0 Å². The Morgan fingerprint density at radius 1 is 1.28 bits per heavy atom. The van der Waals surface area contributed by atoms with Crippen molar-refractivity contribution in [1.82, 2.24) is 5.32 Å². The molecule has 3 amide bonds. The van der Waals surface area contributed by atoms with Crippen LogP contribution >= 0.6 is 11.6 Å². The molecular formula is C16H22ClN3O5. The number of carbonyl (C=O) groups is 3. The van der Waals surface area contributed by atoms with Crippen molar-refractivity contribution in [2.75, 3.05) is 19.0 Å². The number of halogens is 1. The van der Waals surface area contributed by atoms with Crippen LogP contribution < -0.4 is 21.1 Å². The summed E-state index contributed by atoms with van der Waals surface area (Å²) in [6.07, 6.45) is 0.345. The zero-order chi connectivity index (χ0) is 19.0. The monoisotopic (exact) mass is 371 g/mol. The van der Waals surface area contributed by atoms with E-state index < -0.39 is 30.6 Å². The van der Waals surface area contributed by atoms with Crippen molar-refractivity contribution in [3.05, 3.63) is 23.2 Å². The summed E-state index contributed by atoms with van der Waals surface area (Å²) < 4.78 is 9.95. The van der Waals surface area contributed by atoms with Gasteiger partial charge in [0, 0.05) is 5.69 Å². The van der Waals surface area contributed by atoms with Crippen molar-refractivity contribution in [2.24, 2.45) is 11.7 Å². The van der Waals surface area contributed by atoms with E-state index in [-0.39, 0.29) is 5.92 Å². The number of urea groups is 1. The Labute approximate surface area is 151 Å². The van der Waals surface area contributed by atoms with Crippen molar-refractivity contribution in [3.8, 4) is 5.75 Å². The first kappa shape index (κ1) is 20.6. The second-order valence-corrected chi connectivity index (χ2v) is 6.10. The summed E-state index contributed by atoms with van der Waals surface area (Å²) in [6.45, 7) is 3.25. The number of amides is 3. The molecule has 4 N–H and O–H groups in total. The Kier molecular flexibility index (Phi) is 8.00. The Balaban J connectivity index is 2.57. The van der Waals surface area contributed by atoms with Gasteiger partial charge in [0.25, 0.3) is 5.91 Å². The van der Waals surface area contributed by atoms with E-state index >= 15 is 0 Å². The van der Waals surface area contributed by atoms with Crippen LogP contribution in [-0.2, 0) is 14.3 Å². The predicted molar refractivity (Wildman–Crippen MR) is 93.6 cm³/mol. The zero-order valence-electron chi connectivity index (χ0n) is 14.3. The first-order valence-electron chi connectivity index (χ1n) is 7.59. The number of esters is 1. The van der Waals surface area contributed by atoms with Crippen molar-refractivity contribution < 1.29 is 23.9 Å². The SMILES string of the molecule is COc1ccc(NC(=O)COC(=O)[C@@H](CC(C)C)NC(N)=O)cc1Cl. The van der Waals surface area contributed by atoms with Crippen molar-refractivity contribution >= 4 is 35.2 Å². The number of hydrogen-bond donors (Lipinski definition) is 3. The number of hydrogen-bond acceptors (Lipinski definition) is 5. The molecule has 1 aromatic rings. The minimum atomic E-state index is -0.902. The molecule has 0 heterocycles. The number of nitrogens with one attached hydrogen (secondary N) is 2. The molecule has 0 aliphatic rings. The van der Waals surface area contributed by atoms with Crippen LogP contribution in [0.15, 0.2) is 18.2 Å². The molecule has 0 unspecified atom stereocenters. The van der Waals surface area contributed by atoms with E-state index in [9.17, 15) is 14.4 Å². The average molecular weight is 372 g/mol. The highest BCUT2D eigenvalue weighted by Crippen LogP contribution is 2.27. The quantitative estimate of drug-likeness (QED) is 0.603. The summed E-state index contributed by atoms with van der Waals surface area (Å²) in [5, 5.41) is 5.18. The summed E-state index contributed by atoms with van der Waals surface area (Å²) in [7, 11) is 1.48. The highest BCUT2D eigenvalue weighted by molar-refractivity contribution is 6.32. The van der Waals surface area contributed by atoms with Gasteiger partial charge in [-0.1, -0.05) is 25.4 Å². The maximum absolute atomic E-state index is 12.0. The van der Waals surface area contributed by atoms with E-state index in [0.29, 0.717) is 22.9 Å². The predicted octanol–water partition coefficient (Wildman–Crippen LogP) is 1.91. The third kappa shape index (κ3) is 7.30. The standard InChI is InChI=1S/C16H22ClN3O5/c1-9(2)6-12(20-16(18)23)15(22)25-8-14(21)19-10-4-5-13(24-3)11(17)7-10/h4-5,7,9,12H,6,8H2,1-3H3,(H,19,21)(H3,18,20,23)/t12-/m1/s1. The summed E-state index contributed by atoms with van der Waals surface area (Å²) >= 11 is 5.97. The van der Waals surface area contributed by atoms with E-state index in [1.54, 1.807) is 12.1 Å². The van der Waals surface area contributed by atoms with Gasteiger partial charge in [-0.2, -0.15) is 0 Å². The summed E-state index contributed by atoms with van der Waals surface area (Å²) in [5.74, 6) is -0.674. The summed E-state index contributed by atoms with van der Waals surface area (Å²) in [5.41, 5.74) is 5.47. The molecule has 8 nitrogen and oxygen atoms in total. The van der Waals surface area contributed by atoms with E-state index in [1.807, 2.05) is 13.8 Å². The zero-order valence-corrected chi connectivity index (χ0v) is 15.1. The maximum Gasteiger partial charge on any atom is 0.329 e. The van der Waals surface area contributed by atoms with Crippen LogP contribution in [0.2, 0.25) is 5.02 Å². The second kappa shape index (κ2) is 9.73. The number of benzene rings is 1. The number of primary amides is 1. The average Bonchev–Trinajstić information content (AvgIpc) is 2.51. The van der Waals surface area contributed by atoms with Gasteiger partial charge in [0.1, 0.15) is 11.8 Å². The minimum absolute atomic E-state index is 0.125. The molecule has 25 heavy (non-hydrogen) atoms. The summed E-state index contributed by atoms with van der Waals surface area (Å²) in [4.78, 5) is 34.8. The van der Waals surface area contributed by atoms with Gasteiger partial charge in [0.05, 0.1) is 12.1 Å². The number of ether oxygens (including phenoxy) is 2. The molecule has 1 atom stereocenters. The van der Waals surface area contributed by atoms with Gasteiger partial charge in [0.15, 0.2) is 6.61 Å². The van der Waals surface area contributed by atoms with Gasteiger partial charge in [-0.3, -0.25) is 4.79 Å². The van der Waals surface area contributed by atoms with Gasteiger partial charge in [0.2, 0.25) is 0 Å². The lowest BCUT2D eigenvalue weighted by molar-refractivity contribution is -0.149. The molecule has 0 aliphatic heterocycles. The fraction of sp³-hybridized carbons (Fsp3) is 0.438. The van der Waals surface area contributed by atoms with Crippen LogP contribution in [0.5, 0.6) is 5.75 Å². The first-order chi connectivity index (χ1) is 11.7. The van der Waals surface area contributed by atoms with Gasteiger partial charge < -0.3 is 25.8 Å². The van der Waals surface area contributed by atoms with Crippen LogP contribution in [0.25, 0.3) is 0 Å². The number of carbonyl (C=O) groups excluding carboxylic acids is 3. The van der Waals surface area contributed by atoms with Crippen LogP contribution in [0.4, 0.5) is 10.5 Å². The van der Waals surface area contributed by atoms with E-state index in [0.717, 1.165) is 0 Å². The molecule has 1 aromatic carbocycles. The van der Waals surface area contributed by atoms with Crippen molar-refractivity contribution in [3.63, 3.8) is 0 Å². The van der Waals surface area contributed by atoms with E-state index in [2.05, 4.69) is 10.6 Å². The van der Waals surface area contributed by atoms with E-state index in [4.69, 9.17) is 26.8 Å². The molecule has 9 heteroatoms. The molecule has 0 aliphatic carbocycles. The van der Waals surface area contributed by atoms with Crippen LogP contribution in [0.1, 0.15) is 20.3 Å². The number of rotatable bonds is 8. The molecule has 0 radical (unpaired) electrons. The lowest BCUT2D eigenvalue weighted by Gasteiger charge is -2.18. The molecule has 0 saturated heterocycles. The maximum atomic E-state index is 12.0. The van der Waals surface area contributed by atoms with Gasteiger partial charge in [-0.25, -0.2) is 9.59 Å². The minimum Gasteiger partial charge on any atom is -0.495 e. The molecule has 138 valence electrons. The lowest BCUT2D eigenvalue weighted by Crippen LogP contribution is -2.45. The second-order valence-electron chi connectivity index (χ2n) is 5.70. The molecular weight excluding hydrogens is 350 g/mol. The fourth-order valence-corrected chi connectivity index (χ4v) is 2.29. The van der Waals surface area contributed by atoms with E-state index in [1.165, 1.54) is 13.2 Å². The van der Waals surface area contributed by atoms with Gasteiger partial charge in [-0.05, 0) is 30.5 Å². The van der Waals surface area contributed by atoms with Crippen LogP contribution in [0.3, 0.4) is 0 Å². The first-order valence-corrected chi connectivity index (χ1v) is 7.96. The third-order valence-electron chi connectivity index (χ3n) is 3.09. The van der Waals surface area contributed by atoms with Gasteiger partial charge >= 0.3 is 12.0 Å². The summed E-state index contributed by atoms with van der Waals surface area (Å²) in [6, 6.07) is 2.97. The Hall–Kier alpha value is -2.48. The topological polar surface area (TPSA) is 120 Å². The normalized spacial score (nSPS) is 11.6. The molecule has 0 saturated carbocycles. The van der Waals surface area contributed by atoms with Crippen LogP contribution in [-0.4, -0.2) is 37.7 Å². The molecule has 0 fully saturated rings. The molecule has 0 bridgehead atoms. The Morgan fingerprint density at radius 3 is 2.48 bits per heavy atom. The third-order valence-corrected chi connectivity index (χ3v) is 3.38. The molecule has 0 aromatic heterocycles. The lowest BCUT2D eigenvalue weighted by atomic mass is 10.0. The highest BCUT2D eigenvalue weighted by atomic mass is 35.5. The smallest absolute Gasteiger partial charge is 0.329 e. The molecule has 0 spiro atoms. The fourth-order valence-electron chi connectivity index (χ4n) is 2.04. The number of nitrogens with two attached hydrogens (primary N) is 1. The highest BCUT2D eigenvalue weighted by Gasteiger charge is 2.23. The van der Waals surface area contributed by atoms with Crippen molar-refractivity contribution in [2.45, 2.75) is 26.3 Å². The number of anilines is 1. The van der Waals surface area contributed by atoms with Crippen LogP contribution in [0, 0.1) is 5.92 Å². The molecule has 1 rings (SSSR count). The number of methoxy groups -OCH3 is 1. The Bertz CT molecular complexity index is 636. The van der Waals surface area contributed by atoms with Gasteiger partial charge in [-0.15, -0.1) is 0 Å². The Morgan fingerprint density at radius 2 is 1.96 bits per heavy atom.